The van der Waals surface area contributed by atoms with E-state index in [0.717, 1.165) is 71.7 Å². The normalized spacial score (nSPS) is 15.2. The maximum Gasteiger partial charge on any atom is 0.169 e. The zero-order chi connectivity index (χ0) is 29.2. The van der Waals surface area contributed by atoms with Crippen molar-refractivity contribution in [2.75, 3.05) is 44.9 Å². The molecule has 0 amide bonds. The van der Waals surface area contributed by atoms with Crippen molar-refractivity contribution in [2.24, 2.45) is 17.5 Å². The van der Waals surface area contributed by atoms with Gasteiger partial charge in [-0.3, -0.25) is 4.98 Å². The maximum atomic E-state index is 9.90. The lowest BCUT2D eigenvalue weighted by Crippen LogP contribution is -2.26. The SMILES string of the molecule is CCOP(O)CCNc1ccc2c3ncc(/C(=C(\C)N)N(C)N)cc3n(CC3CCOCC3)c2n1.c1ccccc1. The third-order valence-corrected chi connectivity index (χ3v) is 8.04. The monoisotopic (exact) mass is 579 g/mol. The number of allylic oxidation sites excluding steroid dienone is 1. The Morgan fingerprint density at radius 1 is 1.20 bits per heavy atom. The fourth-order valence-corrected chi connectivity index (χ4v) is 5.74. The van der Waals surface area contributed by atoms with Crippen LogP contribution in [0.15, 0.2) is 66.5 Å². The van der Waals surface area contributed by atoms with Crippen LogP contribution in [0.1, 0.15) is 32.3 Å². The molecule has 220 valence electrons. The Bertz CT molecular complexity index is 1390. The van der Waals surface area contributed by atoms with Crippen LogP contribution in [0.4, 0.5) is 5.82 Å². The predicted octanol–water partition coefficient (Wildman–Crippen LogP) is 4.90. The standard InChI is InChI=1S/C24H36N7O3P.C6H6/c1-4-34-35(32)12-9-27-21-6-5-19-22-20(13-18(14-28-22)23(16(2)25)30(3)26)31(24(19)29-21)15-17-7-10-33-11-8-17;1-2-4-6-5-3-1/h5-6,13-14,17,32H,4,7-12,15,25-26H2,1-3H3,(H,27,29);1-6H/b23-16-;. The highest BCUT2D eigenvalue weighted by atomic mass is 31.2. The minimum atomic E-state index is -1.41. The maximum absolute atomic E-state index is 9.90. The van der Waals surface area contributed by atoms with Gasteiger partial charge in [0.05, 0.1) is 23.3 Å². The van der Waals surface area contributed by atoms with Crippen LogP contribution >= 0.6 is 8.38 Å². The molecule has 1 saturated heterocycles. The van der Waals surface area contributed by atoms with Crippen LogP contribution in [-0.4, -0.2) is 64.0 Å². The smallest absolute Gasteiger partial charge is 0.169 e. The molecule has 1 aliphatic heterocycles. The molecule has 4 aromatic rings. The van der Waals surface area contributed by atoms with Crippen LogP contribution in [0.5, 0.6) is 0 Å². The number of nitrogens with two attached hydrogens (primary N) is 2. The Labute approximate surface area is 243 Å². The summed E-state index contributed by atoms with van der Waals surface area (Å²) in [6, 6.07) is 18.1. The van der Waals surface area contributed by atoms with Crippen molar-refractivity contribution < 1.29 is 14.2 Å². The van der Waals surface area contributed by atoms with Gasteiger partial charge < -0.3 is 34.8 Å². The van der Waals surface area contributed by atoms with E-state index in [-0.39, 0.29) is 0 Å². The predicted molar refractivity (Wildman–Crippen MR) is 168 cm³/mol. The van der Waals surface area contributed by atoms with Gasteiger partial charge in [-0.25, -0.2) is 10.8 Å². The molecule has 6 N–H and O–H groups in total. The van der Waals surface area contributed by atoms with Crippen molar-refractivity contribution in [3.63, 3.8) is 0 Å². The lowest BCUT2D eigenvalue weighted by atomic mass is 10.0. The first kappa shape index (κ1) is 30.7. The van der Waals surface area contributed by atoms with E-state index in [9.17, 15) is 4.89 Å². The fraction of sp³-hybridized carbons (Fsp3) is 0.400. The Morgan fingerprint density at radius 2 is 1.88 bits per heavy atom. The number of benzene rings is 1. The van der Waals surface area contributed by atoms with E-state index in [2.05, 4.69) is 22.0 Å². The van der Waals surface area contributed by atoms with Crippen molar-refractivity contribution in [1.29, 1.82) is 0 Å². The Kier molecular flexibility index (Phi) is 11.3. The Hall–Kier alpha value is -3.27. The number of rotatable bonds is 10. The molecular weight excluding hydrogens is 537 g/mol. The second kappa shape index (κ2) is 15.1. The molecular formula is C30H42N7O3P. The third kappa shape index (κ3) is 8.15. The number of nitrogens with zero attached hydrogens (tertiary/aromatic N) is 4. The summed E-state index contributed by atoms with van der Waals surface area (Å²) in [7, 11) is 0.362. The first-order chi connectivity index (χ1) is 19.9. The van der Waals surface area contributed by atoms with Gasteiger partial charge in [0, 0.05) is 62.4 Å². The van der Waals surface area contributed by atoms with Crippen LogP contribution in [0.2, 0.25) is 0 Å². The van der Waals surface area contributed by atoms with E-state index in [1.807, 2.05) is 62.5 Å². The van der Waals surface area contributed by atoms with Crippen molar-refractivity contribution in [2.45, 2.75) is 33.2 Å². The summed E-state index contributed by atoms with van der Waals surface area (Å²) in [6.07, 6.45) is 4.39. The van der Waals surface area contributed by atoms with E-state index in [1.54, 1.807) is 7.05 Å². The average Bonchev–Trinajstić information content (AvgIpc) is 3.26. The van der Waals surface area contributed by atoms with Crippen LogP contribution in [0, 0.1) is 5.92 Å². The molecule has 11 heteroatoms. The number of nitrogens with one attached hydrogen (secondary N) is 1. The first-order valence-electron chi connectivity index (χ1n) is 14.0. The quantitative estimate of drug-likeness (QED) is 0.117. The molecule has 0 radical (unpaired) electrons. The Balaban J connectivity index is 0.000000572. The first-order valence-corrected chi connectivity index (χ1v) is 15.4. The number of hydrogen-bond acceptors (Lipinski definition) is 9. The largest absolute Gasteiger partial charge is 0.401 e. The van der Waals surface area contributed by atoms with Gasteiger partial charge in [0.25, 0.3) is 0 Å². The molecule has 1 atom stereocenters. The molecule has 41 heavy (non-hydrogen) atoms. The zero-order valence-corrected chi connectivity index (χ0v) is 25.1. The van der Waals surface area contributed by atoms with Gasteiger partial charge in [0.1, 0.15) is 11.5 Å². The van der Waals surface area contributed by atoms with E-state index in [0.29, 0.717) is 30.9 Å². The molecule has 3 aromatic heterocycles. The molecule has 1 unspecified atom stereocenters. The van der Waals surface area contributed by atoms with Crippen molar-refractivity contribution in [3.8, 4) is 0 Å². The number of hydrazine groups is 1. The minimum Gasteiger partial charge on any atom is -0.401 e. The highest BCUT2D eigenvalue weighted by Crippen LogP contribution is 2.33. The van der Waals surface area contributed by atoms with E-state index < -0.39 is 8.38 Å². The van der Waals surface area contributed by atoms with E-state index >= 15 is 0 Å². The molecule has 0 bridgehead atoms. The van der Waals surface area contributed by atoms with Gasteiger partial charge in [-0.15, -0.1) is 0 Å². The molecule has 1 fully saturated rings. The molecule has 0 saturated carbocycles. The lowest BCUT2D eigenvalue weighted by Gasteiger charge is -2.23. The third-order valence-electron chi connectivity index (χ3n) is 6.88. The van der Waals surface area contributed by atoms with Gasteiger partial charge in [0.2, 0.25) is 0 Å². The zero-order valence-electron chi connectivity index (χ0n) is 24.2. The molecule has 4 heterocycles. The number of hydrogen-bond donors (Lipinski definition) is 4. The summed E-state index contributed by atoms with van der Waals surface area (Å²) < 4.78 is 13.1. The van der Waals surface area contributed by atoms with Gasteiger partial charge in [0.15, 0.2) is 8.38 Å². The second-order valence-electron chi connectivity index (χ2n) is 10.0. The number of anilines is 1. The summed E-state index contributed by atoms with van der Waals surface area (Å²) in [5.74, 6) is 7.34. The van der Waals surface area contributed by atoms with Gasteiger partial charge >= 0.3 is 0 Å². The van der Waals surface area contributed by atoms with E-state index in [4.69, 9.17) is 30.8 Å². The van der Waals surface area contributed by atoms with Crippen molar-refractivity contribution >= 4 is 42.0 Å². The summed E-state index contributed by atoms with van der Waals surface area (Å²) in [4.78, 5) is 19.7. The van der Waals surface area contributed by atoms with Gasteiger partial charge in [-0.05, 0) is 50.8 Å². The molecule has 1 aliphatic rings. The summed E-state index contributed by atoms with van der Waals surface area (Å²) in [5.41, 5.74) is 11.2. The number of pyridine rings is 2. The minimum absolute atomic E-state index is 0.497. The highest BCUT2D eigenvalue weighted by Gasteiger charge is 2.21. The molecule has 0 aliphatic carbocycles. The van der Waals surface area contributed by atoms with Crippen LogP contribution in [-0.2, 0) is 15.8 Å². The summed E-state index contributed by atoms with van der Waals surface area (Å²) >= 11 is 0. The molecule has 1 aromatic carbocycles. The number of aromatic nitrogens is 3. The highest BCUT2D eigenvalue weighted by molar-refractivity contribution is 7.46. The summed E-state index contributed by atoms with van der Waals surface area (Å²) in [5, 5.41) is 5.85. The summed E-state index contributed by atoms with van der Waals surface area (Å²) in [6.45, 7) is 7.20. The van der Waals surface area contributed by atoms with E-state index in [1.165, 1.54) is 5.01 Å². The molecule has 10 nitrogen and oxygen atoms in total. The number of ether oxygens (including phenoxy) is 1. The lowest BCUT2D eigenvalue weighted by molar-refractivity contribution is 0.0619. The molecule has 5 rings (SSSR count). The molecule has 0 spiro atoms. The second-order valence-corrected chi connectivity index (χ2v) is 11.5. The topological polar surface area (TPSA) is 137 Å². The van der Waals surface area contributed by atoms with Crippen LogP contribution in [0.25, 0.3) is 27.8 Å². The van der Waals surface area contributed by atoms with Gasteiger partial charge in [-0.1, -0.05) is 36.4 Å². The van der Waals surface area contributed by atoms with Crippen LogP contribution in [0.3, 0.4) is 0 Å². The Morgan fingerprint density at radius 3 is 2.49 bits per heavy atom. The van der Waals surface area contributed by atoms with Crippen LogP contribution < -0.4 is 16.9 Å². The van der Waals surface area contributed by atoms with Crippen molar-refractivity contribution in [1.82, 2.24) is 19.5 Å². The van der Waals surface area contributed by atoms with Gasteiger partial charge in [-0.2, -0.15) is 0 Å². The van der Waals surface area contributed by atoms with Crippen molar-refractivity contribution in [3.05, 3.63) is 72.1 Å². The average molecular weight is 580 g/mol. The number of fused-ring (bicyclic) bond motifs is 3. The fourth-order valence-electron chi connectivity index (χ4n) is 5.01.